The van der Waals surface area contributed by atoms with E-state index in [1.165, 1.54) is 17.6 Å². The van der Waals surface area contributed by atoms with Gasteiger partial charge in [-0.25, -0.2) is 4.98 Å². The minimum absolute atomic E-state index is 0.296. The van der Waals surface area contributed by atoms with E-state index in [-0.39, 0.29) is 0 Å². The Morgan fingerprint density at radius 1 is 1.30 bits per heavy atom. The Balaban J connectivity index is 1.99. The van der Waals surface area contributed by atoms with Crippen molar-refractivity contribution in [2.45, 2.75) is 32.5 Å². The van der Waals surface area contributed by atoms with Gasteiger partial charge in [-0.15, -0.1) is 0 Å². The molecule has 3 nitrogen and oxygen atoms in total. The smallest absolute Gasteiger partial charge is 0.356 e. The molecule has 1 aromatic carbocycles. The molecule has 0 spiro atoms. The van der Waals surface area contributed by atoms with Crippen LogP contribution in [-0.4, -0.2) is 9.36 Å². The molecular weight excluding hydrogens is 287 g/mol. The first-order valence-corrected chi connectivity index (χ1v) is 6.99. The lowest BCUT2D eigenvalue weighted by atomic mass is 10.1. The zero-order valence-corrected chi connectivity index (χ0v) is 11.7. The summed E-state index contributed by atoms with van der Waals surface area (Å²) in [6, 6.07) is 5.26. The third-order valence-electron chi connectivity index (χ3n) is 2.64. The molecule has 7 heteroatoms. The molecule has 20 heavy (non-hydrogen) atoms. The second-order valence-electron chi connectivity index (χ2n) is 4.32. The second-order valence-corrected chi connectivity index (χ2v) is 5.07. The number of aryl methyl sites for hydroxylation is 1. The van der Waals surface area contributed by atoms with Crippen molar-refractivity contribution in [1.29, 1.82) is 0 Å². The Kier molecular flexibility index (Phi) is 4.59. The fourth-order valence-electron chi connectivity index (χ4n) is 1.69. The minimum Gasteiger partial charge on any atom is -0.356 e. The average molecular weight is 301 g/mol. The molecule has 0 atom stereocenters. The Hall–Kier alpha value is -1.63. The molecule has 1 N–H and O–H groups in total. The van der Waals surface area contributed by atoms with E-state index >= 15 is 0 Å². The van der Waals surface area contributed by atoms with Crippen LogP contribution in [0.3, 0.4) is 0 Å². The molecule has 1 heterocycles. The molecule has 0 saturated heterocycles. The summed E-state index contributed by atoms with van der Waals surface area (Å²) in [5.74, 6) is 0.768. The minimum atomic E-state index is -4.31. The van der Waals surface area contributed by atoms with Gasteiger partial charge in [0.05, 0.1) is 5.56 Å². The molecule has 0 aliphatic carbocycles. The number of nitrogens with zero attached hydrogens (tertiary/aromatic N) is 2. The summed E-state index contributed by atoms with van der Waals surface area (Å²) in [6.45, 7) is 2.33. The monoisotopic (exact) mass is 301 g/mol. The lowest BCUT2D eigenvalue weighted by molar-refractivity contribution is -0.137. The van der Waals surface area contributed by atoms with Gasteiger partial charge in [-0.3, -0.25) is 0 Å². The first-order chi connectivity index (χ1) is 9.49. The van der Waals surface area contributed by atoms with E-state index in [4.69, 9.17) is 0 Å². The van der Waals surface area contributed by atoms with E-state index < -0.39 is 11.7 Å². The van der Waals surface area contributed by atoms with Crippen molar-refractivity contribution in [3.05, 3.63) is 41.2 Å². The number of halogens is 3. The third-order valence-corrected chi connectivity index (χ3v) is 3.35. The fourth-order valence-corrected chi connectivity index (χ4v) is 2.29. The van der Waals surface area contributed by atoms with E-state index in [1.54, 1.807) is 6.07 Å². The molecule has 0 aliphatic heterocycles. The number of hydrogen-bond donors (Lipinski definition) is 1. The van der Waals surface area contributed by atoms with Crippen molar-refractivity contribution in [3.63, 3.8) is 0 Å². The van der Waals surface area contributed by atoms with Gasteiger partial charge in [-0.05, 0) is 24.1 Å². The van der Waals surface area contributed by atoms with Crippen LogP contribution >= 0.6 is 11.5 Å². The summed E-state index contributed by atoms with van der Waals surface area (Å²) in [5.41, 5.74) is -0.0761. The summed E-state index contributed by atoms with van der Waals surface area (Å²) >= 11 is 1.22. The molecule has 0 bridgehead atoms. The quantitative estimate of drug-likeness (QED) is 0.902. The van der Waals surface area contributed by atoms with Gasteiger partial charge in [0.15, 0.2) is 0 Å². The Morgan fingerprint density at radius 3 is 2.80 bits per heavy atom. The first kappa shape index (κ1) is 14.8. The van der Waals surface area contributed by atoms with E-state index in [9.17, 15) is 13.2 Å². The molecule has 108 valence electrons. The highest BCUT2D eigenvalue weighted by molar-refractivity contribution is 7.09. The van der Waals surface area contributed by atoms with E-state index in [1.807, 2.05) is 6.92 Å². The molecule has 0 radical (unpaired) electrons. The summed E-state index contributed by atoms with van der Waals surface area (Å²) in [6.07, 6.45) is -2.54. The number of nitrogens with one attached hydrogen (secondary N) is 1. The van der Waals surface area contributed by atoms with E-state index in [2.05, 4.69) is 14.7 Å². The predicted octanol–water partition coefficient (Wildman–Crippen LogP) is 4.12. The summed E-state index contributed by atoms with van der Waals surface area (Å²) in [7, 11) is 0. The Labute approximate surface area is 119 Å². The predicted molar refractivity (Wildman–Crippen MR) is 72.7 cm³/mol. The highest BCUT2D eigenvalue weighted by Crippen LogP contribution is 2.29. The van der Waals surface area contributed by atoms with Gasteiger partial charge >= 0.3 is 6.18 Å². The Morgan fingerprint density at radius 2 is 2.10 bits per heavy atom. The standard InChI is InChI=1S/C13H14F3N3S/c1-2-4-11-18-12(20-19-11)17-8-9-5-3-6-10(7-9)13(14,15)16/h3,5-7H,2,4,8H2,1H3,(H,17,18,19). The van der Waals surface area contributed by atoms with Crippen molar-refractivity contribution in [3.8, 4) is 0 Å². The van der Waals surface area contributed by atoms with Gasteiger partial charge in [0.2, 0.25) is 5.13 Å². The van der Waals surface area contributed by atoms with Crippen LogP contribution in [0.2, 0.25) is 0 Å². The van der Waals surface area contributed by atoms with Crippen LogP contribution in [0.4, 0.5) is 18.3 Å². The van der Waals surface area contributed by atoms with Crippen molar-refractivity contribution >= 4 is 16.7 Å². The lowest BCUT2D eigenvalue weighted by Gasteiger charge is -2.08. The van der Waals surface area contributed by atoms with Crippen LogP contribution in [0.1, 0.15) is 30.3 Å². The normalized spacial score (nSPS) is 11.6. The average Bonchev–Trinajstić information content (AvgIpc) is 2.84. The number of rotatable bonds is 5. The van der Waals surface area contributed by atoms with Gasteiger partial charge in [0.25, 0.3) is 0 Å². The lowest BCUT2D eigenvalue weighted by Crippen LogP contribution is -2.06. The van der Waals surface area contributed by atoms with Gasteiger partial charge in [0.1, 0.15) is 5.82 Å². The molecule has 2 aromatic rings. The largest absolute Gasteiger partial charge is 0.416 e. The number of aromatic nitrogens is 2. The summed E-state index contributed by atoms with van der Waals surface area (Å²) in [5, 5.41) is 3.63. The van der Waals surface area contributed by atoms with Gasteiger partial charge in [0, 0.05) is 24.5 Å². The zero-order chi connectivity index (χ0) is 14.6. The van der Waals surface area contributed by atoms with Crippen LogP contribution < -0.4 is 5.32 Å². The van der Waals surface area contributed by atoms with Crippen LogP contribution in [0.25, 0.3) is 0 Å². The summed E-state index contributed by atoms with van der Waals surface area (Å²) < 4.78 is 41.9. The van der Waals surface area contributed by atoms with Crippen LogP contribution in [-0.2, 0) is 19.1 Å². The molecule has 1 aromatic heterocycles. The van der Waals surface area contributed by atoms with E-state index in [0.29, 0.717) is 17.2 Å². The van der Waals surface area contributed by atoms with Gasteiger partial charge in [-0.1, -0.05) is 19.1 Å². The maximum absolute atomic E-state index is 12.6. The van der Waals surface area contributed by atoms with Crippen molar-refractivity contribution < 1.29 is 13.2 Å². The molecule has 0 saturated carbocycles. The number of benzene rings is 1. The van der Waals surface area contributed by atoms with Crippen molar-refractivity contribution in [1.82, 2.24) is 9.36 Å². The van der Waals surface area contributed by atoms with Crippen LogP contribution in [0, 0.1) is 0 Å². The highest BCUT2D eigenvalue weighted by atomic mass is 32.1. The van der Waals surface area contributed by atoms with Crippen molar-refractivity contribution in [2.24, 2.45) is 0 Å². The molecular formula is C13H14F3N3S. The van der Waals surface area contributed by atoms with Crippen LogP contribution in [0.15, 0.2) is 24.3 Å². The maximum atomic E-state index is 12.6. The molecule has 0 unspecified atom stereocenters. The van der Waals surface area contributed by atoms with E-state index in [0.717, 1.165) is 30.8 Å². The zero-order valence-electron chi connectivity index (χ0n) is 10.9. The SMILES string of the molecule is CCCc1nsc(NCc2cccc(C(F)(F)F)c2)n1. The fraction of sp³-hybridized carbons (Fsp3) is 0.385. The first-order valence-electron chi connectivity index (χ1n) is 6.21. The Bertz CT molecular complexity index is 566. The second kappa shape index (κ2) is 6.21. The number of anilines is 1. The summed E-state index contributed by atoms with van der Waals surface area (Å²) in [4.78, 5) is 4.26. The highest BCUT2D eigenvalue weighted by Gasteiger charge is 2.30. The molecule has 2 rings (SSSR count). The topological polar surface area (TPSA) is 37.8 Å². The maximum Gasteiger partial charge on any atom is 0.416 e. The number of alkyl halides is 3. The molecule has 0 amide bonds. The van der Waals surface area contributed by atoms with Gasteiger partial charge in [-0.2, -0.15) is 17.5 Å². The number of hydrogen-bond acceptors (Lipinski definition) is 4. The van der Waals surface area contributed by atoms with Crippen LogP contribution in [0.5, 0.6) is 0 Å². The third kappa shape index (κ3) is 3.93. The molecule has 0 fully saturated rings. The molecule has 0 aliphatic rings. The van der Waals surface area contributed by atoms with Crippen molar-refractivity contribution in [2.75, 3.05) is 5.32 Å². The van der Waals surface area contributed by atoms with Gasteiger partial charge < -0.3 is 5.32 Å².